The van der Waals surface area contributed by atoms with E-state index in [1.165, 1.54) is 4.31 Å². The standard InChI is InChI=1S/C25H25BrN2O4S/c1-4-25(2,3)28(33(31,32)21-14-9-17-7-5-6-8-18(17)15-21)22-16-23(29)27(24(22)30)20-12-10-19(26)11-13-20/h5-15,22H,4,16H2,1-3H3. The first-order chi connectivity index (χ1) is 15.6. The Labute approximate surface area is 202 Å². The van der Waals surface area contributed by atoms with Crippen LogP contribution in [0.3, 0.4) is 0 Å². The molecule has 0 saturated carbocycles. The van der Waals surface area contributed by atoms with E-state index in [0.717, 1.165) is 20.1 Å². The molecule has 6 nitrogen and oxygen atoms in total. The van der Waals surface area contributed by atoms with Crippen LogP contribution >= 0.6 is 15.9 Å². The van der Waals surface area contributed by atoms with E-state index in [1.807, 2.05) is 31.2 Å². The molecule has 2 amide bonds. The van der Waals surface area contributed by atoms with Crippen molar-refractivity contribution in [2.24, 2.45) is 0 Å². The van der Waals surface area contributed by atoms with E-state index in [2.05, 4.69) is 15.9 Å². The van der Waals surface area contributed by atoms with E-state index in [0.29, 0.717) is 12.1 Å². The summed E-state index contributed by atoms with van der Waals surface area (Å²) in [6.07, 6.45) is 0.265. The molecule has 1 saturated heterocycles. The lowest BCUT2D eigenvalue weighted by molar-refractivity contribution is -0.122. The van der Waals surface area contributed by atoms with Crippen molar-refractivity contribution in [3.63, 3.8) is 0 Å². The number of hydrogen-bond acceptors (Lipinski definition) is 4. The van der Waals surface area contributed by atoms with Crippen molar-refractivity contribution in [1.29, 1.82) is 0 Å². The van der Waals surface area contributed by atoms with Crippen LogP contribution in [0.2, 0.25) is 0 Å². The van der Waals surface area contributed by atoms with Crippen LogP contribution in [-0.4, -0.2) is 36.1 Å². The van der Waals surface area contributed by atoms with Gasteiger partial charge in [-0.05, 0) is 67.4 Å². The number of nitrogens with zero attached hydrogens (tertiary/aromatic N) is 2. The summed E-state index contributed by atoms with van der Waals surface area (Å²) in [4.78, 5) is 27.6. The summed E-state index contributed by atoms with van der Waals surface area (Å²) in [5.41, 5.74) is -0.464. The monoisotopic (exact) mass is 528 g/mol. The molecule has 0 bridgehead atoms. The third kappa shape index (κ3) is 4.23. The van der Waals surface area contributed by atoms with Gasteiger partial charge in [0.2, 0.25) is 15.9 Å². The average molecular weight is 529 g/mol. The second-order valence-electron chi connectivity index (χ2n) is 8.74. The quantitative estimate of drug-likeness (QED) is 0.416. The van der Waals surface area contributed by atoms with Crippen molar-refractivity contribution in [3.05, 3.63) is 71.2 Å². The Morgan fingerprint density at radius 2 is 1.64 bits per heavy atom. The van der Waals surface area contributed by atoms with Crippen molar-refractivity contribution in [3.8, 4) is 0 Å². The number of fused-ring (bicyclic) bond motifs is 1. The van der Waals surface area contributed by atoms with E-state index in [-0.39, 0.29) is 11.3 Å². The third-order valence-electron chi connectivity index (χ3n) is 6.23. The molecule has 33 heavy (non-hydrogen) atoms. The third-order valence-corrected chi connectivity index (χ3v) is 8.88. The molecular weight excluding hydrogens is 504 g/mol. The maximum absolute atomic E-state index is 13.9. The minimum atomic E-state index is -4.09. The van der Waals surface area contributed by atoms with Crippen molar-refractivity contribution in [1.82, 2.24) is 4.31 Å². The Hall–Kier alpha value is -2.55. The van der Waals surface area contributed by atoms with Gasteiger partial charge in [-0.15, -0.1) is 0 Å². The van der Waals surface area contributed by atoms with Crippen LogP contribution in [0.4, 0.5) is 5.69 Å². The average Bonchev–Trinajstić information content (AvgIpc) is 3.07. The van der Waals surface area contributed by atoms with Crippen molar-refractivity contribution in [2.45, 2.75) is 50.1 Å². The number of halogens is 1. The lowest BCUT2D eigenvalue weighted by Gasteiger charge is -2.39. The maximum Gasteiger partial charge on any atom is 0.252 e. The normalized spacial score (nSPS) is 17.4. The van der Waals surface area contributed by atoms with E-state index in [9.17, 15) is 18.0 Å². The lowest BCUT2D eigenvalue weighted by Crippen LogP contribution is -2.55. The van der Waals surface area contributed by atoms with Gasteiger partial charge >= 0.3 is 0 Å². The van der Waals surface area contributed by atoms with Crippen LogP contribution in [0.5, 0.6) is 0 Å². The molecule has 8 heteroatoms. The molecule has 1 aliphatic heterocycles. The summed E-state index contributed by atoms with van der Waals surface area (Å²) < 4.78 is 29.9. The molecule has 0 spiro atoms. The zero-order chi connectivity index (χ0) is 24.0. The number of benzene rings is 3. The Kier molecular flexibility index (Phi) is 6.20. The van der Waals surface area contributed by atoms with Crippen LogP contribution in [0.15, 0.2) is 76.1 Å². The molecule has 3 aromatic rings. The van der Waals surface area contributed by atoms with Gasteiger partial charge in [0.25, 0.3) is 5.91 Å². The fraction of sp³-hybridized carbons (Fsp3) is 0.280. The zero-order valence-electron chi connectivity index (χ0n) is 18.7. The molecule has 1 aliphatic rings. The lowest BCUT2D eigenvalue weighted by atomic mass is 10.00. The Balaban J connectivity index is 1.80. The second-order valence-corrected chi connectivity index (χ2v) is 11.5. The highest BCUT2D eigenvalue weighted by Gasteiger charge is 2.51. The van der Waals surface area contributed by atoms with E-state index < -0.39 is 33.4 Å². The van der Waals surface area contributed by atoms with E-state index in [1.54, 1.807) is 56.3 Å². The first kappa shape index (κ1) is 23.6. The number of carbonyl (C=O) groups excluding carboxylic acids is 2. The summed E-state index contributed by atoms with van der Waals surface area (Å²) in [7, 11) is -4.09. The Bertz CT molecular complexity index is 1340. The minimum absolute atomic E-state index is 0.102. The summed E-state index contributed by atoms with van der Waals surface area (Å²) in [5, 5.41) is 1.71. The largest absolute Gasteiger partial charge is 0.274 e. The van der Waals surface area contributed by atoms with Gasteiger partial charge in [0.05, 0.1) is 17.0 Å². The first-order valence-electron chi connectivity index (χ1n) is 10.7. The summed E-state index contributed by atoms with van der Waals surface area (Å²) in [5.74, 6) is -0.953. The van der Waals surface area contributed by atoms with Gasteiger partial charge in [-0.1, -0.05) is 53.2 Å². The molecule has 1 unspecified atom stereocenters. The molecule has 1 heterocycles. The minimum Gasteiger partial charge on any atom is -0.274 e. The van der Waals surface area contributed by atoms with Crippen molar-refractivity contribution >= 4 is 54.2 Å². The summed E-state index contributed by atoms with van der Waals surface area (Å²) in [6, 6.07) is 18.1. The molecule has 0 N–H and O–H groups in total. The first-order valence-corrected chi connectivity index (χ1v) is 13.0. The van der Waals surface area contributed by atoms with Gasteiger partial charge in [0.1, 0.15) is 6.04 Å². The van der Waals surface area contributed by atoms with Crippen molar-refractivity contribution < 1.29 is 18.0 Å². The van der Waals surface area contributed by atoms with E-state index >= 15 is 0 Å². The molecule has 4 rings (SSSR count). The molecule has 0 aliphatic carbocycles. The molecule has 3 aromatic carbocycles. The summed E-state index contributed by atoms with van der Waals surface area (Å²) >= 11 is 3.35. The number of anilines is 1. The highest BCUT2D eigenvalue weighted by molar-refractivity contribution is 9.10. The number of carbonyl (C=O) groups is 2. The summed E-state index contributed by atoms with van der Waals surface area (Å²) in [6.45, 7) is 5.44. The zero-order valence-corrected chi connectivity index (χ0v) is 21.1. The number of sulfonamides is 1. The van der Waals surface area contributed by atoms with Gasteiger partial charge < -0.3 is 0 Å². The topological polar surface area (TPSA) is 74.8 Å². The van der Waals surface area contributed by atoms with Crippen LogP contribution in [0, 0.1) is 0 Å². The molecule has 1 atom stereocenters. The fourth-order valence-corrected chi connectivity index (χ4v) is 6.46. The number of imide groups is 1. The van der Waals surface area contributed by atoms with Crippen LogP contribution in [0.1, 0.15) is 33.6 Å². The van der Waals surface area contributed by atoms with Gasteiger partial charge in [0.15, 0.2) is 0 Å². The smallest absolute Gasteiger partial charge is 0.252 e. The molecule has 1 fully saturated rings. The van der Waals surface area contributed by atoms with Gasteiger partial charge in [-0.25, -0.2) is 13.3 Å². The van der Waals surface area contributed by atoms with Crippen LogP contribution in [-0.2, 0) is 19.6 Å². The molecule has 172 valence electrons. The predicted octanol–water partition coefficient (Wildman–Crippen LogP) is 5.11. The predicted molar refractivity (Wildman–Crippen MR) is 132 cm³/mol. The van der Waals surface area contributed by atoms with E-state index in [4.69, 9.17) is 0 Å². The number of hydrogen-bond donors (Lipinski definition) is 0. The Morgan fingerprint density at radius 3 is 2.27 bits per heavy atom. The van der Waals surface area contributed by atoms with Gasteiger partial charge in [-0.2, -0.15) is 4.31 Å². The van der Waals surface area contributed by atoms with Gasteiger partial charge in [-0.3, -0.25) is 9.59 Å². The molecule has 0 aromatic heterocycles. The second kappa shape index (κ2) is 8.66. The number of rotatable bonds is 6. The highest BCUT2D eigenvalue weighted by Crippen LogP contribution is 2.36. The fourth-order valence-electron chi connectivity index (χ4n) is 4.17. The van der Waals surface area contributed by atoms with Crippen molar-refractivity contribution in [2.75, 3.05) is 4.90 Å². The number of amides is 2. The maximum atomic E-state index is 13.9. The van der Waals surface area contributed by atoms with Crippen LogP contribution in [0.25, 0.3) is 10.8 Å². The van der Waals surface area contributed by atoms with Crippen LogP contribution < -0.4 is 4.90 Å². The highest BCUT2D eigenvalue weighted by atomic mass is 79.9. The Morgan fingerprint density at radius 1 is 1.00 bits per heavy atom. The van der Waals surface area contributed by atoms with Gasteiger partial charge in [0, 0.05) is 10.0 Å². The molecular formula is C25H25BrN2O4S. The SMILES string of the molecule is CCC(C)(C)N(C1CC(=O)N(c2ccc(Br)cc2)C1=O)S(=O)(=O)c1ccc2ccccc2c1. The molecule has 0 radical (unpaired) electrons.